The smallest absolute Gasteiger partial charge is 0.248 e. The predicted molar refractivity (Wildman–Crippen MR) is 52.4 cm³/mol. The Morgan fingerprint density at radius 1 is 1.58 bits per heavy atom. The number of nitrogens with zero attached hydrogens (tertiary/aromatic N) is 1. The van der Waals surface area contributed by atoms with Gasteiger partial charge in [0.05, 0.1) is 5.56 Å². The van der Waals surface area contributed by atoms with E-state index >= 15 is 0 Å². The topological polar surface area (TPSA) is 66.9 Å². The molecule has 0 aromatic heterocycles. The molecule has 0 aliphatic heterocycles. The van der Waals surface area contributed by atoms with E-state index in [1.807, 2.05) is 28.7 Å². The quantitative estimate of drug-likeness (QED) is 0.782. The van der Waals surface area contributed by atoms with Crippen molar-refractivity contribution in [1.82, 2.24) is 0 Å². The standard InChI is InChI=1S/C8H5IN2O/c9-7-3-5(8(11)12)1-2-6(7)4-10/h1-3H,(H2,11,12). The minimum Gasteiger partial charge on any atom is -0.366 e. The summed E-state index contributed by atoms with van der Waals surface area (Å²) in [6.07, 6.45) is 0. The molecule has 12 heavy (non-hydrogen) atoms. The molecular formula is C8H5IN2O. The SMILES string of the molecule is N#Cc1ccc(C(N)=O)cc1I. The van der Waals surface area contributed by atoms with Gasteiger partial charge in [-0.15, -0.1) is 0 Å². The zero-order valence-corrected chi connectivity index (χ0v) is 8.20. The van der Waals surface area contributed by atoms with Crippen molar-refractivity contribution in [2.24, 2.45) is 5.73 Å². The molecule has 0 spiro atoms. The van der Waals surface area contributed by atoms with Crippen molar-refractivity contribution in [3.05, 3.63) is 32.9 Å². The number of carbonyl (C=O) groups excluding carboxylic acids is 1. The van der Waals surface area contributed by atoms with Crippen molar-refractivity contribution in [3.8, 4) is 6.07 Å². The Kier molecular flexibility index (Phi) is 2.65. The van der Waals surface area contributed by atoms with Crippen molar-refractivity contribution in [2.75, 3.05) is 0 Å². The highest BCUT2D eigenvalue weighted by atomic mass is 127. The van der Waals surface area contributed by atoms with Gasteiger partial charge in [-0.05, 0) is 40.8 Å². The number of amides is 1. The Morgan fingerprint density at radius 2 is 2.25 bits per heavy atom. The highest BCUT2D eigenvalue weighted by Crippen LogP contribution is 2.12. The first-order chi connectivity index (χ1) is 5.65. The monoisotopic (exact) mass is 272 g/mol. The van der Waals surface area contributed by atoms with Crippen LogP contribution in [0, 0.1) is 14.9 Å². The van der Waals surface area contributed by atoms with Gasteiger partial charge in [-0.3, -0.25) is 4.79 Å². The molecule has 1 amide bonds. The summed E-state index contributed by atoms with van der Waals surface area (Å²) >= 11 is 1.99. The second-order valence-electron chi connectivity index (χ2n) is 2.17. The number of halogens is 1. The van der Waals surface area contributed by atoms with Gasteiger partial charge in [0.15, 0.2) is 0 Å². The number of primary amides is 1. The van der Waals surface area contributed by atoms with Gasteiger partial charge in [-0.1, -0.05) is 0 Å². The summed E-state index contributed by atoms with van der Waals surface area (Å²) in [4.78, 5) is 10.7. The van der Waals surface area contributed by atoms with Crippen LogP contribution in [0.4, 0.5) is 0 Å². The van der Waals surface area contributed by atoms with Crippen LogP contribution in [0.25, 0.3) is 0 Å². The van der Waals surface area contributed by atoms with Crippen molar-refractivity contribution in [1.29, 1.82) is 5.26 Å². The highest BCUT2D eigenvalue weighted by Gasteiger charge is 2.03. The summed E-state index contributed by atoms with van der Waals surface area (Å²) in [5.74, 6) is -0.475. The van der Waals surface area contributed by atoms with Crippen LogP contribution in [-0.2, 0) is 0 Å². The maximum Gasteiger partial charge on any atom is 0.248 e. The number of rotatable bonds is 1. The van der Waals surface area contributed by atoms with Gasteiger partial charge in [0, 0.05) is 9.13 Å². The molecule has 0 saturated carbocycles. The average Bonchev–Trinajstić information content (AvgIpc) is 2.04. The van der Waals surface area contributed by atoms with Crippen LogP contribution in [0.3, 0.4) is 0 Å². The first-order valence-electron chi connectivity index (χ1n) is 3.14. The lowest BCUT2D eigenvalue weighted by Gasteiger charge is -1.97. The molecule has 0 atom stereocenters. The molecule has 0 bridgehead atoms. The van der Waals surface area contributed by atoms with E-state index in [4.69, 9.17) is 11.0 Å². The highest BCUT2D eigenvalue weighted by molar-refractivity contribution is 14.1. The fraction of sp³-hybridized carbons (Fsp3) is 0. The van der Waals surface area contributed by atoms with Gasteiger partial charge < -0.3 is 5.73 Å². The second kappa shape index (κ2) is 3.54. The molecule has 0 radical (unpaired) electrons. The zero-order valence-electron chi connectivity index (χ0n) is 6.04. The van der Waals surface area contributed by atoms with Crippen LogP contribution in [0.15, 0.2) is 18.2 Å². The number of nitrogens with two attached hydrogens (primary N) is 1. The molecular weight excluding hydrogens is 267 g/mol. The van der Waals surface area contributed by atoms with Gasteiger partial charge in [0.2, 0.25) is 5.91 Å². The lowest BCUT2D eigenvalue weighted by Crippen LogP contribution is -2.11. The summed E-state index contributed by atoms with van der Waals surface area (Å²) in [5.41, 5.74) is 6.03. The van der Waals surface area contributed by atoms with E-state index in [2.05, 4.69) is 0 Å². The molecule has 60 valence electrons. The number of benzene rings is 1. The Bertz CT molecular complexity index is 368. The van der Waals surface area contributed by atoms with E-state index in [-0.39, 0.29) is 0 Å². The minimum absolute atomic E-state index is 0.429. The molecule has 3 nitrogen and oxygen atoms in total. The van der Waals surface area contributed by atoms with Crippen LogP contribution in [-0.4, -0.2) is 5.91 Å². The summed E-state index contributed by atoms with van der Waals surface area (Å²) in [6.45, 7) is 0. The number of hydrogen-bond acceptors (Lipinski definition) is 2. The summed E-state index contributed by atoms with van der Waals surface area (Å²) < 4.78 is 0.742. The average molecular weight is 272 g/mol. The first kappa shape index (κ1) is 9.00. The summed E-state index contributed by atoms with van der Waals surface area (Å²) in [5, 5.41) is 8.58. The lowest BCUT2D eigenvalue weighted by molar-refractivity contribution is 0.1000. The van der Waals surface area contributed by atoms with E-state index < -0.39 is 5.91 Å². The van der Waals surface area contributed by atoms with Crippen LogP contribution in [0.2, 0.25) is 0 Å². The third-order valence-corrected chi connectivity index (χ3v) is 2.27. The third-order valence-electron chi connectivity index (χ3n) is 1.37. The van der Waals surface area contributed by atoms with Crippen molar-refractivity contribution in [3.63, 3.8) is 0 Å². The number of hydrogen-bond donors (Lipinski definition) is 1. The third kappa shape index (κ3) is 1.74. The Morgan fingerprint density at radius 3 is 2.67 bits per heavy atom. The van der Waals surface area contributed by atoms with Crippen molar-refractivity contribution in [2.45, 2.75) is 0 Å². The Balaban J connectivity index is 3.21. The molecule has 0 saturated heterocycles. The molecule has 4 heteroatoms. The van der Waals surface area contributed by atoms with Crippen LogP contribution < -0.4 is 5.73 Å². The number of carbonyl (C=O) groups is 1. The molecule has 0 unspecified atom stereocenters. The normalized spacial score (nSPS) is 9.00. The Hall–Kier alpha value is -1.09. The van der Waals surface area contributed by atoms with Gasteiger partial charge in [0.25, 0.3) is 0 Å². The summed E-state index contributed by atoms with van der Waals surface area (Å²) in [7, 11) is 0. The van der Waals surface area contributed by atoms with Crippen molar-refractivity contribution >= 4 is 28.5 Å². The van der Waals surface area contributed by atoms with Crippen LogP contribution in [0.1, 0.15) is 15.9 Å². The molecule has 1 aromatic carbocycles. The number of nitriles is 1. The molecule has 0 aliphatic carbocycles. The fourth-order valence-corrected chi connectivity index (χ4v) is 1.39. The Labute approximate surface area is 83.3 Å². The van der Waals surface area contributed by atoms with Crippen LogP contribution in [0.5, 0.6) is 0 Å². The molecule has 2 N–H and O–H groups in total. The predicted octanol–water partition coefficient (Wildman–Crippen LogP) is 1.26. The van der Waals surface area contributed by atoms with E-state index in [0.29, 0.717) is 11.1 Å². The van der Waals surface area contributed by atoms with Gasteiger partial charge in [0.1, 0.15) is 6.07 Å². The molecule has 1 rings (SSSR count). The van der Waals surface area contributed by atoms with Crippen molar-refractivity contribution < 1.29 is 4.79 Å². The van der Waals surface area contributed by atoms with Gasteiger partial charge in [-0.2, -0.15) is 5.26 Å². The lowest BCUT2D eigenvalue weighted by atomic mass is 10.1. The molecule has 0 heterocycles. The summed E-state index contributed by atoms with van der Waals surface area (Å²) in [6, 6.07) is 6.73. The van der Waals surface area contributed by atoms with E-state index in [1.54, 1.807) is 18.2 Å². The molecule has 0 fully saturated rings. The maximum atomic E-state index is 10.7. The van der Waals surface area contributed by atoms with Gasteiger partial charge >= 0.3 is 0 Å². The zero-order chi connectivity index (χ0) is 9.14. The van der Waals surface area contributed by atoms with E-state index in [9.17, 15) is 4.79 Å². The fourth-order valence-electron chi connectivity index (χ4n) is 0.759. The minimum atomic E-state index is -0.475. The first-order valence-corrected chi connectivity index (χ1v) is 4.22. The van der Waals surface area contributed by atoms with Crippen LogP contribution >= 0.6 is 22.6 Å². The maximum absolute atomic E-state index is 10.7. The van der Waals surface area contributed by atoms with Gasteiger partial charge in [-0.25, -0.2) is 0 Å². The van der Waals surface area contributed by atoms with E-state index in [1.165, 1.54) is 0 Å². The van der Waals surface area contributed by atoms with E-state index in [0.717, 1.165) is 3.57 Å². The largest absolute Gasteiger partial charge is 0.366 e. The molecule has 0 aliphatic rings. The second-order valence-corrected chi connectivity index (χ2v) is 3.33. The molecule has 1 aromatic rings.